The van der Waals surface area contributed by atoms with E-state index in [1.165, 1.54) is 30.3 Å². The minimum Gasteiger partial charge on any atom is -0.380 e. The highest BCUT2D eigenvalue weighted by molar-refractivity contribution is 5.90. The van der Waals surface area contributed by atoms with Crippen LogP contribution in [0.5, 0.6) is 0 Å². The van der Waals surface area contributed by atoms with Crippen LogP contribution in [0.1, 0.15) is 33.1 Å². The average molecular weight is 243 g/mol. The van der Waals surface area contributed by atoms with Gasteiger partial charge in [-0.05, 0) is 37.2 Å². The van der Waals surface area contributed by atoms with Crippen molar-refractivity contribution in [2.45, 2.75) is 39.2 Å². The number of hydrogen-bond donors (Lipinski definition) is 2. The van der Waals surface area contributed by atoms with Gasteiger partial charge in [-0.15, -0.1) is 0 Å². The summed E-state index contributed by atoms with van der Waals surface area (Å²) in [6.07, 6.45) is 5.82. The SMILES string of the molecule is CC1CCC(Nc2cccc3cn[nH]c23)C(C)C1. The van der Waals surface area contributed by atoms with Gasteiger partial charge >= 0.3 is 0 Å². The number of H-pyrrole nitrogens is 1. The van der Waals surface area contributed by atoms with Crippen LogP contribution in [-0.2, 0) is 0 Å². The summed E-state index contributed by atoms with van der Waals surface area (Å²) in [7, 11) is 0. The van der Waals surface area contributed by atoms with E-state index in [0.29, 0.717) is 6.04 Å². The van der Waals surface area contributed by atoms with Crippen LogP contribution in [-0.4, -0.2) is 16.2 Å². The van der Waals surface area contributed by atoms with Crippen LogP contribution in [0.15, 0.2) is 24.4 Å². The summed E-state index contributed by atoms with van der Waals surface area (Å²) in [6, 6.07) is 6.92. The Hall–Kier alpha value is -1.51. The summed E-state index contributed by atoms with van der Waals surface area (Å²) in [5, 5.41) is 12.1. The molecule has 3 rings (SSSR count). The number of nitrogens with one attached hydrogen (secondary N) is 2. The number of rotatable bonds is 2. The van der Waals surface area contributed by atoms with Crippen LogP contribution < -0.4 is 5.32 Å². The van der Waals surface area contributed by atoms with Crippen LogP contribution in [0.25, 0.3) is 10.9 Å². The first-order valence-electron chi connectivity index (χ1n) is 6.92. The minimum absolute atomic E-state index is 0.593. The number of nitrogens with zero attached hydrogens (tertiary/aromatic N) is 1. The van der Waals surface area contributed by atoms with Gasteiger partial charge in [-0.25, -0.2) is 0 Å². The maximum atomic E-state index is 4.12. The fourth-order valence-corrected chi connectivity index (χ4v) is 3.17. The Kier molecular flexibility index (Phi) is 2.98. The molecule has 2 N–H and O–H groups in total. The Morgan fingerprint density at radius 2 is 2.17 bits per heavy atom. The van der Waals surface area contributed by atoms with E-state index in [4.69, 9.17) is 0 Å². The zero-order chi connectivity index (χ0) is 12.5. The third-order valence-corrected chi connectivity index (χ3v) is 4.25. The standard InChI is InChI=1S/C15H21N3/c1-10-6-7-13(11(2)8-10)17-14-5-3-4-12-9-16-18-15(12)14/h3-5,9-11,13,17H,6-8H2,1-2H3,(H,16,18). The largest absolute Gasteiger partial charge is 0.380 e. The van der Waals surface area contributed by atoms with Crippen LogP contribution >= 0.6 is 0 Å². The highest BCUT2D eigenvalue weighted by Gasteiger charge is 2.25. The quantitative estimate of drug-likeness (QED) is 0.842. The number of fused-ring (bicyclic) bond motifs is 1. The molecule has 2 aromatic rings. The lowest BCUT2D eigenvalue weighted by molar-refractivity contribution is 0.276. The van der Waals surface area contributed by atoms with Crippen molar-refractivity contribution >= 4 is 16.6 Å². The van der Waals surface area contributed by atoms with E-state index < -0.39 is 0 Å². The van der Waals surface area contributed by atoms with E-state index in [0.717, 1.165) is 17.4 Å². The second-order valence-electron chi connectivity index (χ2n) is 5.79. The second kappa shape index (κ2) is 4.63. The van der Waals surface area contributed by atoms with Gasteiger partial charge in [-0.1, -0.05) is 26.0 Å². The van der Waals surface area contributed by atoms with Gasteiger partial charge in [0.25, 0.3) is 0 Å². The van der Waals surface area contributed by atoms with E-state index in [-0.39, 0.29) is 0 Å². The van der Waals surface area contributed by atoms with Crippen LogP contribution in [0.3, 0.4) is 0 Å². The van der Waals surface area contributed by atoms with Crippen molar-refractivity contribution in [3.05, 3.63) is 24.4 Å². The number of anilines is 1. The Morgan fingerprint density at radius 3 is 3.00 bits per heavy atom. The molecule has 3 nitrogen and oxygen atoms in total. The van der Waals surface area contributed by atoms with Gasteiger partial charge in [0.05, 0.1) is 17.4 Å². The molecule has 0 radical (unpaired) electrons. The molecular weight excluding hydrogens is 222 g/mol. The van der Waals surface area contributed by atoms with Gasteiger partial charge in [0.15, 0.2) is 0 Å². The summed E-state index contributed by atoms with van der Waals surface area (Å²) < 4.78 is 0. The van der Waals surface area contributed by atoms with Crippen molar-refractivity contribution in [1.29, 1.82) is 0 Å². The maximum absolute atomic E-state index is 4.12. The molecular formula is C15H21N3. The van der Waals surface area contributed by atoms with Crippen molar-refractivity contribution in [1.82, 2.24) is 10.2 Å². The number of aromatic nitrogens is 2. The molecule has 3 unspecified atom stereocenters. The average Bonchev–Trinajstić information content (AvgIpc) is 2.82. The third-order valence-electron chi connectivity index (χ3n) is 4.25. The summed E-state index contributed by atoms with van der Waals surface area (Å²) in [6.45, 7) is 4.72. The zero-order valence-electron chi connectivity index (χ0n) is 11.1. The lowest BCUT2D eigenvalue weighted by Gasteiger charge is -2.33. The number of aromatic amines is 1. The van der Waals surface area contributed by atoms with E-state index >= 15 is 0 Å². The molecule has 0 amide bonds. The Labute approximate surface area is 108 Å². The summed E-state index contributed by atoms with van der Waals surface area (Å²) >= 11 is 0. The molecule has 1 saturated carbocycles. The minimum atomic E-state index is 0.593. The Bertz CT molecular complexity index is 531. The zero-order valence-corrected chi connectivity index (χ0v) is 11.1. The van der Waals surface area contributed by atoms with Gasteiger partial charge in [0.2, 0.25) is 0 Å². The summed E-state index contributed by atoms with van der Waals surface area (Å²) in [4.78, 5) is 0. The highest BCUT2D eigenvalue weighted by atomic mass is 15.1. The number of benzene rings is 1. The first-order chi connectivity index (χ1) is 8.74. The number of hydrogen-bond acceptors (Lipinski definition) is 2. The predicted molar refractivity (Wildman–Crippen MR) is 75.7 cm³/mol. The van der Waals surface area contributed by atoms with Crippen molar-refractivity contribution in [2.24, 2.45) is 11.8 Å². The van der Waals surface area contributed by atoms with E-state index in [1.807, 2.05) is 6.20 Å². The molecule has 96 valence electrons. The molecule has 0 saturated heterocycles. The first kappa shape index (κ1) is 11.6. The molecule has 1 aromatic heterocycles. The molecule has 0 spiro atoms. The van der Waals surface area contributed by atoms with Crippen molar-refractivity contribution in [3.8, 4) is 0 Å². The van der Waals surface area contributed by atoms with Crippen LogP contribution in [0, 0.1) is 11.8 Å². The predicted octanol–water partition coefficient (Wildman–Crippen LogP) is 3.80. The van der Waals surface area contributed by atoms with Crippen molar-refractivity contribution < 1.29 is 0 Å². The molecule has 0 aliphatic heterocycles. The fourth-order valence-electron chi connectivity index (χ4n) is 3.17. The van der Waals surface area contributed by atoms with Gasteiger partial charge in [0, 0.05) is 11.4 Å². The summed E-state index contributed by atoms with van der Waals surface area (Å²) in [5.41, 5.74) is 2.32. The monoisotopic (exact) mass is 243 g/mol. The molecule has 1 fully saturated rings. The van der Waals surface area contributed by atoms with Crippen LogP contribution in [0.2, 0.25) is 0 Å². The molecule has 0 bridgehead atoms. The van der Waals surface area contributed by atoms with E-state index in [1.54, 1.807) is 0 Å². The Balaban J connectivity index is 1.82. The van der Waals surface area contributed by atoms with E-state index in [9.17, 15) is 0 Å². The molecule has 1 aliphatic rings. The maximum Gasteiger partial charge on any atom is 0.0881 e. The number of para-hydroxylation sites is 1. The van der Waals surface area contributed by atoms with Gasteiger partial charge in [0.1, 0.15) is 0 Å². The van der Waals surface area contributed by atoms with Crippen LogP contribution in [0.4, 0.5) is 5.69 Å². The van der Waals surface area contributed by atoms with E-state index in [2.05, 4.69) is 47.6 Å². The molecule has 1 aromatic carbocycles. The lowest BCUT2D eigenvalue weighted by Crippen LogP contribution is -2.33. The van der Waals surface area contributed by atoms with Gasteiger partial charge in [-0.2, -0.15) is 5.10 Å². The summed E-state index contributed by atoms with van der Waals surface area (Å²) in [5.74, 6) is 1.62. The smallest absolute Gasteiger partial charge is 0.0881 e. The van der Waals surface area contributed by atoms with Crippen molar-refractivity contribution in [3.63, 3.8) is 0 Å². The van der Waals surface area contributed by atoms with Gasteiger partial charge in [-0.3, -0.25) is 5.10 Å². The highest BCUT2D eigenvalue weighted by Crippen LogP contribution is 2.32. The lowest BCUT2D eigenvalue weighted by atomic mass is 9.80. The van der Waals surface area contributed by atoms with Crippen molar-refractivity contribution in [2.75, 3.05) is 5.32 Å². The molecule has 1 aliphatic carbocycles. The molecule has 3 heteroatoms. The van der Waals surface area contributed by atoms with Gasteiger partial charge < -0.3 is 5.32 Å². The Morgan fingerprint density at radius 1 is 1.28 bits per heavy atom. The molecule has 3 atom stereocenters. The second-order valence-corrected chi connectivity index (χ2v) is 5.79. The first-order valence-corrected chi connectivity index (χ1v) is 6.92. The molecule has 18 heavy (non-hydrogen) atoms. The fraction of sp³-hybridized carbons (Fsp3) is 0.533. The third kappa shape index (κ3) is 2.09. The molecule has 1 heterocycles. The topological polar surface area (TPSA) is 40.7 Å². The normalized spacial score (nSPS) is 28.4.